The first-order chi connectivity index (χ1) is 8.50. The highest BCUT2D eigenvalue weighted by molar-refractivity contribution is 7.09. The van der Waals surface area contributed by atoms with Crippen LogP contribution in [0.2, 0.25) is 0 Å². The number of rotatable bonds is 4. The van der Waals surface area contributed by atoms with Gasteiger partial charge in [-0.05, 0) is 44.9 Å². The van der Waals surface area contributed by atoms with E-state index in [-0.39, 0.29) is 5.41 Å². The fraction of sp³-hybridized carbons (Fsp3) is 0.786. The highest BCUT2D eigenvalue weighted by Crippen LogP contribution is 2.30. The molecule has 1 aromatic heterocycles. The van der Waals surface area contributed by atoms with Crippen molar-refractivity contribution in [1.29, 1.82) is 0 Å². The molecule has 0 amide bonds. The number of thiazole rings is 1. The van der Waals surface area contributed by atoms with E-state index in [1.165, 1.54) is 36.6 Å². The molecule has 0 spiro atoms. The number of nitrogens with two attached hydrogens (primary N) is 1. The molecule has 2 N–H and O–H groups in total. The van der Waals surface area contributed by atoms with Gasteiger partial charge in [0, 0.05) is 17.7 Å². The summed E-state index contributed by atoms with van der Waals surface area (Å²) in [5.41, 5.74) is 7.27. The van der Waals surface area contributed by atoms with Crippen LogP contribution in [0.15, 0.2) is 5.38 Å². The summed E-state index contributed by atoms with van der Waals surface area (Å²) in [6, 6.07) is 0. The molecule has 0 unspecified atom stereocenters. The van der Waals surface area contributed by atoms with Gasteiger partial charge in [0.2, 0.25) is 0 Å². The van der Waals surface area contributed by atoms with Gasteiger partial charge in [-0.3, -0.25) is 0 Å². The topological polar surface area (TPSA) is 42.1 Å². The normalized spacial score (nSPS) is 19.3. The molecule has 3 nitrogen and oxygen atoms in total. The van der Waals surface area contributed by atoms with Gasteiger partial charge in [-0.2, -0.15) is 0 Å². The lowest BCUT2D eigenvalue weighted by atomic mass is 9.90. The first-order valence-corrected chi connectivity index (χ1v) is 7.71. The van der Waals surface area contributed by atoms with Crippen LogP contribution < -0.4 is 5.73 Å². The van der Waals surface area contributed by atoms with Crippen LogP contribution in [0.25, 0.3) is 0 Å². The van der Waals surface area contributed by atoms with Crippen LogP contribution in [0.5, 0.6) is 0 Å². The lowest BCUT2D eigenvalue weighted by Crippen LogP contribution is -2.29. The molecule has 1 aliphatic heterocycles. The Morgan fingerprint density at radius 1 is 1.44 bits per heavy atom. The number of hydrogen-bond donors (Lipinski definition) is 1. The van der Waals surface area contributed by atoms with E-state index in [1.54, 1.807) is 11.3 Å². The van der Waals surface area contributed by atoms with Gasteiger partial charge >= 0.3 is 0 Å². The van der Waals surface area contributed by atoms with E-state index in [1.807, 2.05) is 0 Å². The molecule has 0 aromatic carbocycles. The highest BCUT2D eigenvalue weighted by Gasteiger charge is 2.23. The van der Waals surface area contributed by atoms with Crippen molar-refractivity contribution in [2.45, 2.75) is 39.0 Å². The van der Waals surface area contributed by atoms with Crippen molar-refractivity contribution in [2.75, 3.05) is 26.7 Å². The van der Waals surface area contributed by atoms with Gasteiger partial charge in [-0.15, -0.1) is 11.3 Å². The SMILES string of the molecule is CN1CCC(c2csc(CC(C)(C)CN)n2)CC1. The van der Waals surface area contributed by atoms with Crippen LogP contribution >= 0.6 is 11.3 Å². The average Bonchev–Trinajstić information content (AvgIpc) is 2.78. The predicted octanol–water partition coefficient (Wildman–Crippen LogP) is 2.48. The minimum absolute atomic E-state index is 0.169. The maximum atomic E-state index is 5.79. The van der Waals surface area contributed by atoms with E-state index in [0.717, 1.165) is 13.0 Å². The van der Waals surface area contributed by atoms with Crippen LogP contribution in [-0.2, 0) is 6.42 Å². The molecule has 0 radical (unpaired) electrons. The van der Waals surface area contributed by atoms with Gasteiger partial charge in [0.25, 0.3) is 0 Å². The number of nitrogens with zero attached hydrogens (tertiary/aromatic N) is 2. The Bertz CT molecular complexity index is 378. The van der Waals surface area contributed by atoms with Crippen molar-refractivity contribution in [3.05, 3.63) is 16.1 Å². The van der Waals surface area contributed by atoms with E-state index >= 15 is 0 Å². The molecule has 0 aliphatic carbocycles. The van der Waals surface area contributed by atoms with E-state index in [0.29, 0.717) is 5.92 Å². The molecule has 2 rings (SSSR count). The molecular formula is C14H25N3S. The summed E-state index contributed by atoms with van der Waals surface area (Å²) in [5.74, 6) is 0.673. The zero-order valence-corrected chi connectivity index (χ0v) is 12.6. The van der Waals surface area contributed by atoms with Crippen molar-refractivity contribution < 1.29 is 0 Å². The third-order valence-corrected chi connectivity index (χ3v) is 4.76. The second kappa shape index (κ2) is 5.68. The quantitative estimate of drug-likeness (QED) is 0.911. The standard InChI is InChI=1S/C14H25N3S/c1-14(2,10-15)8-13-16-12(9-18-13)11-4-6-17(3)7-5-11/h9,11H,4-8,10,15H2,1-3H3. The van der Waals surface area contributed by atoms with Crippen molar-refractivity contribution in [2.24, 2.45) is 11.1 Å². The third-order valence-electron chi connectivity index (χ3n) is 3.89. The zero-order chi connectivity index (χ0) is 13.2. The van der Waals surface area contributed by atoms with Crippen LogP contribution in [0.1, 0.15) is 43.3 Å². The van der Waals surface area contributed by atoms with Crippen molar-refractivity contribution >= 4 is 11.3 Å². The van der Waals surface area contributed by atoms with Gasteiger partial charge < -0.3 is 10.6 Å². The van der Waals surface area contributed by atoms with Crippen LogP contribution in [0.4, 0.5) is 0 Å². The van der Waals surface area contributed by atoms with E-state index in [9.17, 15) is 0 Å². The Labute approximate surface area is 114 Å². The number of aromatic nitrogens is 1. The molecule has 1 aromatic rings. The van der Waals surface area contributed by atoms with Gasteiger partial charge in [-0.1, -0.05) is 13.8 Å². The molecule has 1 aliphatic rings. The first-order valence-electron chi connectivity index (χ1n) is 6.83. The van der Waals surface area contributed by atoms with Crippen molar-refractivity contribution in [3.63, 3.8) is 0 Å². The fourth-order valence-electron chi connectivity index (χ4n) is 2.38. The molecule has 2 heterocycles. The maximum Gasteiger partial charge on any atom is 0.0934 e. The molecule has 0 saturated carbocycles. The predicted molar refractivity (Wildman–Crippen MR) is 78.1 cm³/mol. The molecule has 18 heavy (non-hydrogen) atoms. The summed E-state index contributed by atoms with van der Waals surface area (Å²) in [7, 11) is 2.20. The molecule has 0 atom stereocenters. The Morgan fingerprint density at radius 3 is 2.72 bits per heavy atom. The first kappa shape index (κ1) is 14.0. The molecule has 4 heteroatoms. The van der Waals surface area contributed by atoms with Gasteiger partial charge in [0.15, 0.2) is 0 Å². The summed E-state index contributed by atoms with van der Waals surface area (Å²) in [6.07, 6.45) is 3.50. The Morgan fingerprint density at radius 2 is 2.11 bits per heavy atom. The zero-order valence-electron chi connectivity index (χ0n) is 11.8. The number of piperidine rings is 1. The van der Waals surface area contributed by atoms with E-state index < -0.39 is 0 Å². The Kier molecular flexibility index (Phi) is 4.41. The fourth-order valence-corrected chi connectivity index (χ4v) is 3.51. The second-order valence-corrected chi connectivity index (χ2v) is 7.23. The molecule has 0 bridgehead atoms. The third kappa shape index (κ3) is 3.53. The Balaban J connectivity index is 1.98. The molecule has 102 valence electrons. The minimum Gasteiger partial charge on any atom is -0.330 e. The number of likely N-dealkylation sites (tertiary alicyclic amines) is 1. The summed E-state index contributed by atoms with van der Waals surface area (Å²) in [5, 5.41) is 3.51. The summed E-state index contributed by atoms with van der Waals surface area (Å²) >= 11 is 1.81. The second-order valence-electron chi connectivity index (χ2n) is 6.29. The van der Waals surface area contributed by atoms with Crippen LogP contribution in [0.3, 0.4) is 0 Å². The molecule has 1 fully saturated rings. The lowest BCUT2D eigenvalue weighted by molar-refractivity contribution is 0.253. The van der Waals surface area contributed by atoms with Crippen LogP contribution in [-0.4, -0.2) is 36.6 Å². The number of hydrogen-bond acceptors (Lipinski definition) is 4. The summed E-state index contributed by atoms with van der Waals surface area (Å²) < 4.78 is 0. The maximum absolute atomic E-state index is 5.79. The Hall–Kier alpha value is -0.450. The largest absolute Gasteiger partial charge is 0.330 e. The summed E-state index contributed by atoms with van der Waals surface area (Å²) in [6.45, 7) is 7.54. The average molecular weight is 267 g/mol. The lowest BCUT2D eigenvalue weighted by Gasteiger charge is -2.27. The summed E-state index contributed by atoms with van der Waals surface area (Å²) in [4.78, 5) is 7.24. The van der Waals surface area contributed by atoms with E-state index in [2.05, 4.69) is 31.2 Å². The van der Waals surface area contributed by atoms with Gasteiger partial charge in [0.05, 0.1) is 10.7 Å². The monoisotopic (exact) mass is 267 g/mol. The minimum atomic E-state index is 0.169. The van der Waals surface area contributed by atoms with Crippen molar-refractivity contribution in [1.82, 2.24) is 9.88 Å². The molecule has 1 saturated heterocycles. The molecular weight excluding hydrogens is 242 g/mol. The van der Waals surface area contributed by atoms with Gasteiger partial charge in [-0.25, -0.2) is 4.98 Å². The van der Waals surface area contributed by atoms with E-state index in [4.69, 9.17) is 10.7 Å². The van der Waals surface area contributed by atoms with Crippen molar-refractivity contribution in [3.8, 4) is 0 Å². The smallest absolute Gasteiger partial charge is 0.0934 e. The highest BCUT2D eigenvalue weighted by atomic mass is 32.1. The van der Waals surface area contributed by atoms with Crippen LogP contribution in [0, 0.1) is 5.41 Å². The van der Waals surface area contributed by atoms with Gasteiger partial charge in [0.1, 0.15) is 0 Å².